The molecule has 3 rings (SSSR count). The SMILES string of the molecule is Cc1cc(C)cc(Nc2ccc(C(=O)N(C)Cc3ccccc3)nn2)c1. The van der Waals surface area contributed by atoms with Gasteiger partial charge in [0.1, 0.15) is 0 Å². The zero-order valence-corrected chi connectivity index (χ0v) is 15.2. The van der Waals surface area contributed by atoms with Crippen LogP contribution in [0.25, 0.3) is 0 Å². The topological polar surface area (TPSA) is 58.1 Å². The zero-order chi connectivity index (χ0) is 18.5. The lowest BCUT2D eigenvalue weighted by Crippen LogP contribution is -2.27. The number of aryl methyl sites for hydroxylation is 2. The zero-order valence-electron chi connectivity index (χ0n) is 15.2. The Bertz CT molecular complexity index is 871. The van der Waals surface area contributed by atoms with Crippen LogP contribution in [-0.4, -0.2) is 28.1 Å². The lowest BCUT2D eigenvalue weighted by molar-refractivity contribution is 0.0778. The van der Waals surface area contributed by atoms with Crippen molar-refractivity contribution in [3.8, 4) is 0 Å². The number of amides is 1. The minimum Gasteiger partial charge on any atom is -0.339 e. The number of nitrogens with one attached hydrogen (secondary N) is 1. The Hall–Kier alpha value is -3.21. The molecule has 0 spiro atoms. The quantitative estimate of drug-likeness (QED) is 0.755. The fourth-order valence-corrected chi connectivity index (χ4v) is 2.83. The van der Waals surface area contributed by atoms with Gasteiger partial charge in [-0.1, -0.05) is 36.4 Å². The van der Waals surface area contributed by atoms with E-state index in [0.717, 1.165) is 11.3 Å². The van der Waals surface area contributed by atoms with Gasteiger partial charge < -0.3 is 10.2 Å². The number of hydrogen-bond donors (Lipinski definition) is 1. The van der Waals surface area contributed by atoms with Gasteiger partial charge in [0.05, 0.1) is 0 Å². The van der Waals surface area contributed by atoms with Crippen LogP contribution in [-0.2, 0) is 6.54 Å². The minimum absolute atomic E-state index is 0.153. The van der Waals surface area contributed by atoms with Crippen molar-refractivity contribution in [2.45, 2.75) is 20.4 Å². The molecule has 0 aliphatic heterocycles. The largest absolute Gasteiger partial charge is 0.339 e. The van der Waals surface area contributed by atoms with Crippen LogP contribution >= 0.6 is 0 Å². The smallest absolute Gasteiger partial charge is 0.274 e. The summed E-state index contributed by atoms with van der Waals surface area (Å²) in [6.07, 6.45) is 0. The highest BCUT2D eigenvalue weighted by molar-refractivity contribution is 5.92. The Morgan fingerprint density at radius 1 is 0.962 bits per heavy atom. The van der Waals surface area contributed by atoms with Crippen molar-refractivity contribution < 1.29 is 4.79 Å². The van der Waals surface area contributed by atoms with Gasteiger partial charge in [0.2, 0.25) is 0 Å². The van der Waals surface area contributed by atoms with Gasteiger partial charge in [0.15, 0.2) is 11.5 Å². The van der Waals surface area contributed by atoms with Gasteiger partial charge in [0.25, 0.3) is 5.91 Å². The molecule has 2 aromatic carbocycles. The fraction of sp³-hybridized carbons (Fsp3) is 0.190. The van der Waals surface area contributed by atoms with Gasteiger partial charge in [-0.25, -0.2) is 0 Å². The van der Waals surface area contributed by atoms with Crippen molar-refractivity contribution in [2.75, 3.05) is 12.4 Å². The van der Waals surface area contributed by atoms with E-state index in [4.69, 9.17) is 0 Å². The summed E-state index contributed by atoms with van der Waals surface area (Å²) < 4.78 is 0. The highest BCUT2D eigenvalue weighted by atomic mass is 16.2. The molecule has 5 nitrogen and oxygen atoms in total. The molecule has 1 N–H and O–H groups in total. The second-order valence-electron chi connectivity index (χ2n) is 6.45. The first kappa shape index (κ1) is 17.6. The van der Waals surface area contributed by atoms with Crippen molar-refractivity contribution in [2.24, 2.45) is 0 Å². The molecule has 1 amide bonds. The molecule has 3 aromatic rings. The van der Waals surface area contributed by atoms with Crippen LogP contribution in [0.5, 0.6) is 0 Å². The fourth-order valence-electron chi connectivity index (χ4n) is 2.83. The number of benzene rings is 2. The van der Waals surface area contributed by atoms with E-state index in [0.29, 0.717) is 18.1 Å². The lowest BCUT2D eigenvalue weighted by atomic mass is 10.1. The third-order valence-electron chi connectivity index (χ3n) is 3.99. The monoisotopic (exact) mass is 346 g/mol. The summed E-state index contributed by atoms with van der Waals surface area (Å²) in [6.45, 7) is 4.63. The van der Waals surface area contributed by atoms with Crippen molar-refractivity contribution >= 4 is 17.4 Å². The lowest BCUT2D eigenvalue weighted by Gasteiger charge is -2.16. The summed E-state index contributed by atoms with van der Waals surface area (Å²) in [4.78, 5) is 14.1. The van der Waals surface area contributed by atoms with Gasteiger partial charge >= 0.3 is 0 Å². The van der Waals surface area contributed by atoms with Crippen LogP contribution in [0.15, 0.2) is 60.7 Å². The molecule has 0 radical (unpaired) electrons. The highest BCUT2D eigenvalue weighted by Crippen LogP contribution is 2.18. The molecule has 0 saturated carbocycles. The molecule has 1 heterocycles. The average Bonchev–Trinajstić information content (AvgIpc) is 2.62. The standard InChI is InChI=1S/C21H22N4O/c1-15-11-16(2)13-18(12-15)22-20-10-9-19(23-24-20)21(26)25(3)14-17-7-5-4-6-8-17/h4-13H,14H2,1-3H3,(H,22,24). The minimum atomic E-state index is -0.153. The van der Waals surface area contributed by atoms with E-state index in [2.05, 4.69) is 21.6 Å². The maximum atomic E-state index is 12.5. The van der Waals surface area contributed by atoms with Crippen LogP contribution in [0.2, 0.25) is 0 Å². The first-order valence-electron chi connectivity index (χ1n) is 8.50. The summed E-state index contributed by atoms with van der Waals surface area (Å²) in [6, 6.07) is 19.5. The molecule has 0 aliphatic rings. The molecule has 132 valence electrons. The second kappa shape index (κ2) is 7.78. The number of anilines is 2. The predicted octanol–water partition coefficient (Wildman–Crippen LogP) is 4.11. The molecular formula is C21H22N4O. The Morgan fingerprint density at radius 2 is 1.65 bits per heavy atom. The van der Waals surface area contributed by atoms with E-state index in [-0.39, 0.29) is 5.91 Å². The number of carbonyl (C=O) groups excluding carboxylic acids is 1. The van der Waals surface area contributed by atoms with Crippen LogP contribution in [0.4, 0.5) is 11.5 Å². The molecule has 0 bridgehead atoms. The molecule has 0 saturated heterocycles. The van der Waals surface area contributed by atoms with Crippen molar-refractivity contribution in [1.29, 1.82) is 0 Å². The molecule has 1 aromatic heterocycles. The Balaban J connectivity index is 1.67. The Kier molecular flexibility index (Phi) is 5.27. The number of nitrogens with zero attached hydrogens (tertiary/aromatic N) is 3. The van der Waals surface area contributed by atoms with E-state index >= 15 is 0 Å². The van der Waals surface area contributed by atoms with E-state index in [1.54, 1.807) is 24.1 Å². The van der Waals surface area contributed by atoms with Gasteiger partial charge in [-0.2, -0.15) is 0 Å². The van der Waals surface area contributed by atoms with Crippen LogP contribution in [0.1, 0.15) is 27.2 Å². The van der Waals surface area contributed by atoms with Gasteiger partial charge in [-0.3, -0.25) is 4.79 Å². The summed E-state index contributed by atoms with van der Waals surface area (Å²) in [5.74, 6) is 0.455. The molecule has 0 atom stereocenters. The molecule has 0 unspecified atom stereocenters. The maximum absolute atomic E-state index is 12.5. The highest BCUT2D eigenvalue weighted by Gasteiger charge is 2.14. The van der Waals surface area contributed by atoms with Crippen LogP contribution in [0.3, 0.4) is 0 Å². The van der Waals surface area contributed by atoms with Gasteiger partial charge in [0, 0.05) is 19.3 Å². The van der Waals surface area contributed by atoms with Crippen LogP contribution in [0, 0.1) is 13.8 Å². The van der Waals surface area contributed by atoms with Gasteiger partial charge in [-0.15, -0.1) is 10.2 Å². The van der Waals surface area contributed by atoms with Crippen LogP contribution < -0.4 is 5.32 Å². The maximum Gasteiger partial charge on any atom is 0.274 e. The van der Waals surface area contributed by atoms with Crippen molar-refractivity contribution in [1.82, 2.24) is 15.1 Å². The van der Waals surface area contributed by atoms with E-state index in [1.165, 1.54) is 11.1 Å². The third-order valence-corrected chi connectivity index (χ3v) is 3.99. The summed E-state index contributed by atoms with van der Waals surface area (Å²) in [5, 5.41) is 11.4. The van der Waals surface area contributed by atoms with Crippen molar-refractivity contribution in [3.05, 3.63) is 83.0 Å². The normalized spacial score (nSPS) is 10.4. The summed E-state index contributed by atoms with van der Waals surface area (Å²) in [7, 11) is 1.76. The average molecular weight is 346 g/mol. The first-order chi connectivity index (χ1) is 12.5. The molecule has 0 fully saturated rings. The molecule has 5 heteroatoms. The number of carbonyl (C=O) groups is 1. The molecule has 0 aliphatic carbocycles. The number of rotatable bonds is 5. The summed E-state index contributed by atoms with van der Waals surface area (Å²) >= 11 is 0. The van der Waals surface area contributed by atoms with Crippen molar-refractivity contribution in [3.63, 3.8) is 0 Å². The Labute approximate surface area is 153 Å². The van der Waals surface area contributed by atoms with E-state index in [1.807, 2.05) is 56.3 Å². The van der Waals surface area contributed by atoms with E-state index in [9.17, 15) is 4.79 Å². The molecular weight excluding hydrogens is 324 g/mol. The van der Waals surface area contributed by atoms with E-state index < -0.39 is 0 Å². The Morgan fingerprint density at radius 3 is 2.27 bits per heavy atom. The number of hydrogen-bond acceptors (Lipinski definition) is 4. The number of aromatic nitrogens is 2. The molecule has 26 heavy (non-hydrogen) atoms. The van der Waals surface area contributed by atoms with Gasteiger partial charge in [-0.05, 0) is 54.8 Å². The second-order valence-corrected chi connectivity index (χ2v) is 6.45. The first-order valence-corrected chi connectivity index (χ1v) is 8.50. The predicted molar refractivity (Wildman–Crippen MR) is 103 cm³/mol. The third kappa shape index (κ3) is 4.45. The summed E-state index contributed by atoms with van der Waals surface area (Å²) in [5.41, 5.74) is 4.71.